The lowest BCUT2D eigenvalue weighted by Gasteiger charge is -2.15. The number of aromatic nitrogens is 2. The maximum Gasteiger partial charge on any atom is 0.305 e. The van der Waals surface area contributed by atoms with Crippen LogP contribution in [-0.4, -0.2) is 45.3 Å². The van der Waals surface area contributed by atoms with Crippen molar-refractivity contribution in [1.29, 1.82) is 0 Å². The molecule has 1 amide bonds. The summed E-state index contributed by atoms with van der Waals surface area (Å²) >= 11 is 0. The molecule has 0 bridgehead atoms. The summed E-state index contributed by atoms with van der Waals surface area (Å²) in [5, 5.41) is 13.8. The summed E-state index contributed by atoms with van der Waals surface area (Å²) in [4.78, 5) is 23.7. The molecule has 100 valence electrons. The minimum Gasteiger partial charge on any atom is -0.481 e. The Hall–Kier alpha value is -2.37. The number of nitrogens with zero attached hydrogens (tertiary/aromatic N) is 3. The fourth-order valence-electron chi connectivity index (χ4n) is 1.74. The third-order valence-electron chi connectivity index (χ3n) is 2.85. The highest BCUT2D eigenvalue weighted by atomic mass is 16.4. The number of aliphatic carboxylic acids is 1. The van der Waals surface area contributed by atoms with Crippen LogP contribution in [-0.2, 0) is 16.1 Å². The van der Waals surface area contributed by atoms with Crippen molar-refractivity contribution in [3.05, 3.63) is 30.5 Å². The van der Waals surface area contributed by atoms with E-state index >= 15 is 0 Å². The van der Waals surface area contributed by atoms with Crippen molar-refractivity contribution in [1.82, 2.24) is 14.7 Å². The first kappa shape index (κ1) is 13.1. The first-order valence-electron chi connectivity index (χ1n) is 5.94. The molecule has 0 radical (unpaired) electrons. The molecule has 1 heterocycles. The molecule has 19 heavy (non-hydrogen) atoms. The molecular weight excluding hydrogens is 246 g/mol. The van der Waals surface area contributed by atoms with Gasteiger partial charge in [0.25, 0.3) is 0 Å². The molecule has 0 saturated heterocycles. The lowest BCUT2D eigenvalue weighted by atomic mass is 10.3. The lowest BCUT2D eigenvalue weighted by Crippen LogP contribution is -2.32. The Morgan fingerprint density at radius 1 is 1.37 bits per heavy atom. The van der Waals surface area contributed by atoms with E-state index in [1.807, 2.05) is 24.3 Å². The van der Waals surface area contributed by atoms with Gasteiger partial charge in [-0.15, -0.1) is 0 Å². The maximum atomic E-state index is 11.9. The molecule has 0 unspecified atom stereocenters. The third kappa shape index (κ3) is 3.31. The van der Waals surface area contributed by atoms with Gasteiger partial charge >= 0.3 is 5.97 Å². The summed E-state index contributed by atoms with van der Waals surface area (Å²) in [7, 11) is 1.59. The average Bonchev–Trinajstić information content (AvgIpc) is 2.77. The van der Waals surface area contributed by atoms with Crippen LogP contribution in [0.3, 0.4) is 0 Å². The van der Waals surface area contributed by atoms with Crippen molar-refractivity contribution >= 4 is 22.8 Å². The van der Waals surface area contributed by atoms with Gasteiger partial charge in [0.1, 0.15) is 6.54 Å². The fraction of sp³-hybridized carbons (Fsp3) is 0.308. The second-order valence-corrected chi connectivity index (χ2v) is 4.34. The van der Waals surface area contributed by atoms with Crippen molar-refractivity contribution in [2.45, 2.75) is 13.0 Å². The monoisotopic (exact) mass is 261 g/mol. The number of rotatable bonds is 5. The van der Waals surface area contributed by atoms with Crippen molar-refractivity contribution < 1.29 is 14.7 Å². The van der Waals surface area contributed by atoms with E-state index in [1.54, 1.807) is 17.9 Å². The van der Waals surface area contributed by atoms with Crippen LogP contribution in [0.2, 0.25) is 0 Å². The van der Waals surface area contributed by atoms with E-state index in [9.17, 15) is 9.59 Å². The predicted molar refractivity (Wildman–Crippen MR) is 69.6 cm³/mol. The van der Waals surface area contributed by atoms with Gasteiger partial charge in [0.2, 0.25) is 5.91 Å². The topological polar surface area (TPSA) is 75.4 Å². The van der Waals surface area contributed by atoms with Gasteiger partial charge < -0.3 is 10.0 Å². The highest BCUT2D eigenvalue weighted by Crippen LogP contribution is 2.10. The summed E-state index contributed by atoms with van der Waals surface area (Å²) in [5.41, 5.74) is 0.837. The van der Waals surface area contributed by atoms with E-state index < -0.39 is 5.97 Å². The Morgan fingerprint density at radius 2 is 2.11 bits per heavy atom. The number of carbonyl (C=O) groups excluding carboxylic acids is 1. The van der Waals surface area contributed by atoms with Crippen molar-refractivity contribution in [3.63, 3.8) is 0 Å². The Labute approximate surface area is 110 Å². The van der Waals surface area contributed by atoms with Crippen molar-refractivity contribution in [2.24, 2.45) is 0 Å². The van der Waals surface area contributed by atoms with Gasteiger partial charge in [0, 0.05) is 25.2 Å². The Balaban J connectivity index is 2.00. The summed E-state index contributed by atoms with van der Waals surface area (Å²) in [6, 6.07) is 7.61. The van der Waals surface area contributed by atoms with E-state index in [0.29, 0.717) is 0 Å². The summed E-state index contributed by atoms with van der Waals surface area (Å²) in [6.07, 6.45) is 1.75. The molecule has 6 nitrogen and oxygen atoms in total. The molecule has 0 aliphatic heterocycles. The minimum absolute atomic E-state index is 0.0523. The number of carbonyl (C=O) groups is 2. The molecular formula is C13H15N3O3. The minimum atomic E-state index is -0.913. The third-order valence-corrected chi connectivity index (χ3v) is 2.85. The SMILES string of the molecule is CN(CCC(=O)O)C(=O)Cn1cc2ccccc2n1. The molecule has 2 rings (SSSR count). The van der Waals surface area contributed by atoms with Crippen LogP contribution in [0.15, 0.2) is 30.5 Å². The molecule has 0 spiro atoms. The zero-order valence-electron chi connectivity index (χ0n) is 10.6. The molecule has 1 aromatic heterocycles. The number of likely N-dealkylation sites (N-methyl/N-ethyl adjacent to an activating group) is 1. The standard InChI is InChI=1S/C13H15N3O3/c1-15(7-6-13(18)19)12(17)9-16-8-10-4-2-3-5-11(10)14-16/h2-5,8H,6-7,9H2,1H3,(H,18,19). The number of fused-ring (bicyclic) bond motifs is 1. The molecule has 0 fully saturated rings. The van der Waals surface area contributed by atoms with E-state index in [4.69, 9.17) is 5.11 Å². The van der Waals surface area contributed by atoms with Crippen LogP contribution < -0.4 is 0 Å². The predicted octanol–water partition coefficient (Wildman–Crippen LogP) is 0.969. The molecule has 0 saturated carbocycles. The zero-order valence-corrected chi connectivity index (χ0v) is 10.6. The Morgan fingerprint density at radius 3 is 2.79 bits per heavy atom. The number of benzene rings is 1. The molecule has 1 N–H and O–H groups in total. The molecule has 0 aliphatic rings. The highest BCUT2D eigenvalue weighted by Gasteiger charge is 2.11. The van der Waals surface area contributed by atoms with Crippen LogP contribution in [0.4, 0.5) is 0 Å². The van der Waals surface area contributed by atoms with Crippen molar-refractivity contribution in [2.75, 3.05) is 13.6 Å². The van der Waals surface area contributed by atoms with Gasteiger partial charge in [-0.05, 0) is 6.07 Å². The Bertz CT molecular complexity index is 573. The van der Waals surface area contributed by atoms with Gasteiger partial charge in [0.05, 0.1) is 11.9 Å². The molecule has 0 atom stereocenters. The first-order chi connectivity index (χ1) is 9.06. The maximum absolute atomic E-state index is 11.9. The number of hydrogen-bond donors (Lipinski definition) is 1. The largest absolute Gasteiger partial charge is 0.481 e. The molecule has 1 aromatic carbocycles. The van der Waals surface area contributed by atoms with Crippen LogP contribution >= 0.6 is 0 Å². The smallest absolute Gasteiger partial charge is 0.305 e. The molecule has 0 aliphatic carbocycles. The molecule has 6 heteroatoms. The second kappa shape index (κ2) is 5.51. The van der Waals surface area contributed by atoms with Crippen LogP contribution in [0.5, 0.6) is 0 Å². The van der Waals surface area contributed by atoms with Crippen molar-refractivity contribution in [3.8, 4) is 0 Å². The van der Waals surface area contributed by atoms with E-state index in [0.717, 1.165) is 10.9 Å². The van der Waals surface area contributed by atoms with Gasteiger partial charge in [0.15, 0.2) is 0 Å². The van der Waals surface area contributed by atoms with E-state index in [2.05, 4.69) is 5.10 Å². The number of carboxylic acids is 1. The van der Waals surface area contributed by atoms with Gasteiger partial charge in [-0.2, -0.15) is 5.10 Å². The zero-order chi connectivity index (χ0) is 13.8. The summed E-state index contributed by atoms with van der Waals surface area (Å²) < 4.78 is 1.57. The number of carboxylic acid groups (broad SMARTS) is 1. The lowest BCUT2D eigenvalue weighted by molar-refractivity contribution is -0.138. The van der Waals surface area contributed by atoms with Gasteiger partial charge in [-0.25, -0.2) is 0 Å². The average molecular weight is 261 g/mol. The van der Waals surface area contributed by atoms with E-state index in [1.165, 1.54) is 4.90 Å². The fourth-order valence-corrected chi connectivity index (χ4v) is 1.74. The summed E-state index contributed by atoms with van der Waals surface area (Å²) in [5.74, 6) is -1.07. The van der Waals surface area contributed by atoms with Crippen LogP contribution in [0.1, 0.15) is 6.42 Å². The summed E-state index contributed by atoms with van der Waals surface area (Å²) in [6.45, 7) is 0.319. The Kier molecular flexibility index (Phi) is 3.79. The van der Waals surface area contributed by atoms with Gasteiger partial charge in [-0.1, -0.05) is 18.2 Å². The first-order valence-corrected chi connectivity index (χ1v) is 5.94. The highest BCUT2D eigenvalue weighted by molar-refractivity contribution is 5.80. The quantitative estimate of drug-likeness (QED) is 0.870. The van der Waals surface area contributed by atoms with Crippen LogP contribution in [0, 0.1) is 0 Å². The van der Waals surface area contributed by atoms with E-state index in [-0.39, 0.29) is 25.4 Å². The normalized spacial score (nSPS) is 10.6. The van der Waals surface area contributed by atoms with Gasteiger partial charge in [-0.3, -0.25) is 14.3 Å². The second-order valence-electron chi connectivity index (χ2n) is 4.34. The van der Waals surface area contributed by atoms with Crippen LogP contribution in [0.25, 0.3) is 10.9 Å². The number of hydrogen-bond acceptors (Lipinski definition) is 3. The molecule has 2 aromatic rings. The number of amides is 1.